The fourth-order valence-electron chi connectivity index (χ4n) is 2.35. The van der Waals surface area contributed by atoms with Crippen LogP contribution in [0.4, 0.5) is 0 Å². The second kappa shape index (κ2) is 7.55. The second-order valence-corrected chi connectivity index (χ2v) is 8.18. The highest BCUT2D eigenvalue weighted by atomic mass is 32.2. The average molecular weight is 301 g/mol. The molecule has 0 spiro atoms. The van der Waals surface area contributed by atoms with E-state index in [1.54, 1.807) is 0 Å². The molecule has 5 heteroatoms. The van der Waals surface area contributed by atoms with Gasteiger partial charge in [-0.3, -0.25) is 9.89 Å². The van der Waals surface area contributed by atoms with E-state index in [1.807, 2.05) is 18.8 Å². The third kappa shape index (κ3) is 5.17. The van der Waals surface area contributed by atoms with Gasteiger partial charge < -0.3 is 10.6 Å². The molecule has 2 N–H and O–H groups in total. The van der Waals surface area contributed by atoms with E-state index in [-0.39, 0.29) is 4.75 Å². The fourth-order valence-corrected chi connectivity index (χ4v) is 2.57. The molecule has 2 atom stereocenters. The number of nitrogens with zero attached hydrogens (tertiary/aromatic N) is 2. The third-order valence-electron chi connectivity index (χ3n) is 4.15. The topological polar surface area (TPSA) is 39.7 Å². The number of thioether (sulfide) groups is 1. The van der Waals surface area contributed by atoms with Gasteiger partial charge in [0.05, 0.1) is 0 Å². The van der Waals surface area contributed by atoms with Crippen molar-refractivity contribution < 1.29 is 0 Å². The molecule has 1 aliphatic heterocycles. The molecule has 118 valence electrons. The van der Waals surface area contributed by atoms with Gasteiger partial charge in [0.1, 0.15) is 0 Å². The van der Waals surface area contributed by atoms with Crippen LogP contribution in [0.25, 0.3) is 0 Å². The maximum absolute atomic E-state index is 4.36. The highest BCUT2D eigenvalue weighted by Crippen LogP contribution is 2.20. The van der Waals surface area contributed by atoms with Crippen LogP contribution in [0.5, 0.6) is 0 Å². The maximum Gasteiger partial charge on any atom is 0.191 e. The minimum atomic E-state index is 0.225. The molecule has 2 unspecified atom stereocenters. The molecule has 1 rings (SSSR count). The summed E-state index contributed by atoms with van der Waals surface area (Å²) < 4.78 is 0.225. The number of hydrogen-bond donors (Lipinski definition) is 2. The van der Waals surface area contributed by atoms with Crippen LogP contribution >= 0.6 is 11.8 Å². The molecule has 1 saturated heterocycles. The number of hydrogen-bond acceptors (Lipinski definition) is 3. The van der Waals surface area contributed by atoms with E-state index in [1.165, 1.54) is 6.54 Å². The zero-order valence-electron chi connectivity index (χ0n) is 14.2. The molecule has 0 radical (unpaired) electrons. The summed E-state index contributed by atoms with van der Waals surface area (Å²) in [5, 5.41) is 7.04. The Balaban J connectivity index is 2.49. The quantitative estimate of drug-likeness (QED) is 0.602. The Morgan fingerprint density at radius 1 is 1.40 bits per heavy atom. The third-order valence-corrected chi connectivity index (χ3v) is 5.40. The van der Waals surface area contributed by atoms with Crippen LogP contribution in [0, 0.1) is 5.92 Å². The molecule has 0 aromatic rings. The van der Waals surface area contributed by atoms with Crippen LogP contribution in [-0.2, 0) is 0 Å². The minimum absolute atomic E-state index is 0.225. The minimum Gasteiger partial charge on any atom is -0.355 e. The summed E-state index contributed by atoms with van der Waals surface area (Å²) in [7, 11) is 1.85. The van der Waals surface area contributed by atoms with Gasteiger partial charge in [0.25, 0.3) is 0 Å². The predicted molar refractivity (Wildman–Crippen MR) is 91.8 cm³/mol. The van der Waals surface area contributed by atoms with Crippen molar-refractivity contribution in [3.8, 4) is 0 Å². The van der Waals surface area contributed by atoms with Crippen molar-refractivity contribution in [1.82, 2.24) is 15.5 Å². The van der Waals surface area contributed by atoms with E-state index in [0.717, 1.165) is 19.0 Å². The van der Waals surface area contributed by atoms with Gasteiger partial charge in [-0.1, -0.05) is 6.92 Å². The van der Waals surface area contributed by atoms with Gasteiger partial charge in [0.15, 0.2) is 5.96 Å². The van der Waals surface area contributed by atoms with E-state index in [0.29, 0.717) is 18.0 Å². The molecule has 1 heterocycles. The van der Waals surface area contributed by atoms with E-state index in [4.69, 9.17) is 0 Å². The first-order valence-electron chi connectivity index (χ1n) is 7.55. The summed E-state index contributed by atoms with van der Waals surface area (Å²) >= 11 is 1.87. The second-order valence-electron chi connectivity index (χ2n) is 6.67. The molecule has 0 bridgehead atoms. The maximum atomic E-state index is 4.36. The SMILES string of the molecule is CN=C(NCC(C)(C)SC)NC1CN(C(C)C)CC1C. The number of aliphatic imine (C=N–C) groups is 1. The Kier molecular flexibility index (Phi) is 6.65. The highest BCUT2D eigenvalue weighted by Gasteiger charge is 2.31. The molecular formula is C15H32N4S. The molecule has 20 heavy (non-hydrogen) atoms. The van der Waals surface area contributed by atoms with E-state index in [2.05, 4.69) is 61.4 Å². The number of likely N-dealkylation sites (tertiary alicyclic amines) is 1. The lowest BCUT2D eigenvalue weighted by Crippen LogP contribution is -2.49. The van der Waals surface area contributed by atoms with Crippen LogP contribution in [-0.4, -0.2) is 60.6 Å². The standard InChI is InChI=1S/C15H32N4S/c1-11(2)19-8-12(3)13(9-19)18-14(16-6)17-10-15(4,5)20-7/h11-13H,8-10H2,1-7H3,(H2,16,17,18). The molecular weight excluding hydrogens is 268 g/mol. The van der Waals surface area contributed by atoms with Crippen molar-refractivity contribution in [2.24, 2.45) is 10.9 Å². The van der Waals surface area contributed by atoms with Gasteiger partial charge in [0, 0.05) is 43.5 Å². The summed E-state index contributed by atoms with van der Waals surface area (Å²) in [4.78, 5) is 6.89. The summed E-state index contributed by atoms with van der Waals surface area (Å²) in [6, 6.07) is 1.11. The van der Waals surface area contributed by atoms with E-state index >= 15 is 0 Å². The lowest BCUT2D eigenvalue weighted by molar-refractivity contribution is 0.265. The Bertz CT molecular complexity index is 328. The summed E-state index contributed by atoms with van der Waals surface area (Å²) in [6.07, 6.45) is 2.15. The van der Waals surface area contributed by atoms with Crippen LogP contribution in [0.1, 0.15) is 34.6 Å². The van der Waals surface area contributed by atoms with Crippen molar-refractivity contribution in [1.29, 1.82) is 0 Å². The zero-order valence-corrected chi connectivity index (χ0v) is 15.0. The Labute approximate surface area is 129 Å². The predicted octanol–water partition coefficient (Wildman–Crippen LogP) is 2.02. The Morgan fingerprint density at radius 3 is 2.50 bits per heavy atom. The van der Waals surface area contributed by atoms with Crippen LogP contribution in [0.3, 0.4) is 0 Å². The van der Waals surface area contributed by atoms with Crippen molar-refractivity contribution in [3.63, 3.8) is 0 Å². The molecule has 0 aromatic heterocycles. The Hall–Kier alpha value is -0.420. The Morgan fingerprint density at radius 2 is 2.05 bits per heavy atom. The van der Waals surface area contributed by atoms with Gasteiger partial charge in [-0.05, 0) is 39.9 Å². The van der Waals surface area contributed by atoms with Crippen LogP contribution < -0.4 is 10.6 Å². The average Bonchev–Trinajstić information content (AvgIpc) is 2.76. The van der Waals surface area contributed by atoms with Gasteiger partial charge >= 0.3 is 0 Å². The van der Waals surface area contributed by atoms with Gasteiger partial charge in [-0.25, -0.2) is 0 Å². The molecule has 4 nitrogen and oxygen atoms in total. The van der Waals surface area contributed by atoms with Crippen molar-refractivity contribution >= 4 is 17.7 Å². The molecule has 0 saturated carbocycles. The van der Waals surface area contributed by atoms with Crippen LogP contribution in [0.15, 0.2) is 4.99 Å². The summed E-state index contributed by atoms with van der Waals surface area (Å²) in [5.41, 5.74) is 0. The van der Waals surface area contributed by atoms with Crippen molar-refractivity contribution in [3.05, 3.63) is 0 Å². The van der Waals surface area contributed by atoms with E-state index in [9.17, 15) is 0 Å². The van der Waals surface area contributed by atoms with Crippen molar-refractivity contribution in [2.75, 3.05) is 32.9 Å². The van der Waals surface area contributed by atoms with E-state index < -0.39 is 0 Å². The number of nitrogens with one attached hydrogen (secondary N) is 2. The first kappa shape index (κ1) is 17.6. The molecule has 1 aliphatic rings. The van der Waals surface area contributed by atoms with Crippen LogP contribution in [0.2, 0.25) is 0 Å². The first-order valence-corrected chi connectivity index (χ1v) is 8.78. The monoisotopic (exact) mass is 300 g/mol. The summed E-state index contributed by atoms with van der Waals surface area (Å²) in [5.74, 6) is 1.58. The highest BCUT2D eigenvalue weighted by molar-refractivity contribution is 7.99. The lowest BCUT2D eigenvalue weighted by Gasteiger charge is -2.26. The zero-order chi connectivity index (χ0) is 15.3. The molecule has 0 aromatic carbocycles. The number of guanidine groups is 1. The molecule has 0 amide bonds. The van der Waals surface area contributed by atoms with Crippen molar-refractivity contribution in [2.45, 2.75) is 51.4 Å². The molecule has 1 fully saturated rings. The smallest absolute Gasteiger partial charge is 0.191 e. The van der Waals surface area contributed by atoms with Gasteiger partial charge in [-0.2, -0.15) is 11.8 Å². The fraction of sp³-hybridized carbons (Fsp3) is 0.933. The normalized spacial score (nSPS) is 25.3. The largest absolute Gasteiger partial charge is 0.355 e. The van der Waals surface area contributed by atoms with Gasteiger partial charge in [0.2, 0.25) is 0 Å². The molecule has 0 aliphatic carbocycles. The number of rotatable bonds is 5. The summed E-state index contributed by atoms with van der Waals surface area (Å²) in [6.45, 7) is 14.5. The van der Waals surface area contributed by atoms with Gasteiger partial charge in [-0.15, -0.1) is 0 Å². The lowest BCUT2D eigenvalue weighted by atomic mass is 10.1. The first-order chi connectivity index (χ1) is 9.29.